The van der Waals surface area contributed by atoms with E-state index < -0.39 is 6.09 Å². The number of carboxylic acid groups (broad SMARTS) is 1. The third-order valence-electron chi connectivity index (χ3n) is 4.64. The summed E-state index contributed by atoms with van der Waals surface area (Å²) in [6, 6.07) is 11.2. The Balaban J connectivity index is 1.74. The lowest BCUT2D eigenvalue weighted by molar-refractivity contribution is 0.0966. The molecule has 0 radical (unpaired) electrons. The molecule has 2 heterocycles. The molecule has 102 valence electrons. The zero-order chi connectivity index (χ0) is 13.4. The maximum atomic E-state index is 11.3. The SMILES string of the molecule is CN(c1ccccc1)C1CC2CCC(C1)N2C(=O)O. The summed E-state index contributed by atoms with van der Waals surface area (Å²) in [5.41, 5.74) is 1.22. The summed E-state index contributed by atoms with van der Waals surface area (Å²) in [6.07, 6.45) is 3.21. The minimum absolute atomic E-state index is 0.215. The van der Waals surface area contributed by atoms with Gasteiger partial charge in [0.15, 0.2) is 0 Å². The normalized spacial score (nSPS) is 29.3. The monoisotopic (exact) mass is 260 g/mol. The van der Waals surface area contributed by atoms with E-state index in [4.69, 9.17) is 0 Å². The molecule has 19 heavy (non-hydrogen) atoms. The average molecular weight is 260 g/mol. The van der Waals surface area contributed by atoms with Gasteiger partial charge in [0.05, 0.1) is 0 Å². The second-order valence-electron chi connectivity index (χ2n) is 5.65. The lowest BCUT2D eigenvalue weighted by Gasteiger charge is -2.41. The summed E-state index contributed by atoms with van der Waals surface area (Å²) >= 11 is 0. The number of amides is 1. The third-order valence-corrected chi connectivity index (χ3v) is 4.64. The quantitative estimate of drug-likeness (QED) is 0.889. The molecule has 3 rings (SSSR count). The number of rotatable bonds is 2. The van der Waals surface area contributed by atoms with Crippen molar-refractivity contribution in [3.8, 4) is 0 Å². The summed E-state index contributed by atoms with van der Waals surface area (Å²) in [5, 5.41) is 9.27. The molecule has 2 aliphatic heterocycles. The van der Waals surface area contributed by atoms with Gasteiger partial charge >= 0.3 is 6.09 Å². The largest absolute Gasteiger partial charge is 0.465 e. The minimum Gasteiger partial charge on any atom is -0.465 e. The summed E-state index contributed by atoms with van der Waals surface area (Å²) in [5.74, 6) is 0. The van der Waals surface area contributed by atoms with Crippen LogP contribution in [0.25, 0.3) is 0 Å². The van der Waals surface area contributed by atoms with Crippen molar-refractivity contribution in [2.24, 2.45) is 0 Å². The molecule has 1 N–H and O–H groups in total. The van der Waals surface area contributed by atoms with Gasteiger partial charge in [-0.15, -0.1) is 0 Å². The molecule has 0 aromatic heterocycles. The molecule has 2 bridgehead atoms. The van der Waals surface area contributed by atoms with E-state index in [1.54, 1.807) is 4.90 Å². The van der Waals surface area contributed by atoms with Crippen LogP contribution in [0.2, 0.25) is 0 Å². The standard InChI is InChI=1S/C15H20N2O2/c1-16(11-5-3-2-4-6-11)14-9-12-7-8-13(10-14)17(12)15(18)19/h2-6,12-14H,7-10H2,1H3,(H,18,19). The highest BCUT2D eigenvalue weighted by atomic mass is 16.4. The smallest absolute Gasteiger partial charge is 0.407 e. The number of hydrogen-bond acceptors (Lipinski definition) is 2. The van der Waals surface area contributed by atoms with Crippen LogP contribution < -0.4 is 4.90 Å². The molecule has 0 saturated carbocycles. The van der Waals surface area contributed by atoms with Gasteiger partial charge < -0.3 is 14.9 Å². The number of para-hydroxylation sites is 1. The molecule has 2 aliphatic rings. The maximum Gasteiger partial charge on any atom is 0.407 e. The van der Waals surface area contributed by atoms with Crippen molar-refractivity contribution in [1.29, 1.82) is 0 Å². The highest BCUT2D eigenvalue weighted by Crippen LogP contribution is 2.38. The second kappa shape index (κ2) is 4.76. The van der Waals surface area contributed by atoms with Crippen molar-refractivity contribution in [2.75, 3.05) is 11.9 Å². The molecular formula is C15H20N2O2. The fourth-order valence-electron chi connectivity index (χ4n) is 3.65. The van der Waals surface area contributed by atoms with Crippen molar-refractivity contribution in [2.45, 2.75) is 43.8 Å². The Hall–Kier alpha value is -1.71. The summed E-state index contributed by atoms with van der Waals surface area (Å²) in [4.78, 5) is 15.3. The van der Waals surface area contributed by atoms with Gasteiger partial charge in [-0.2, -0.15) is 0 Å². The van der Waals surface area contributed by atoms with Gasteiger partial charge in [-0.25, -0.2) is 4.79 Å². The van der Waals surface area contributed by atoms with Gasteiger partial charge in [0.1, 0.15) is 0 Å². The molecule has 1 aromatic rings. The molecule has 4 heteroatoms. The van der Waals surface area contributed by atoms with Crippen LogP contribution in [0, 0.1) is 0 Å². The van der Waals surface area contributed by atoms with E-state index in [0.717, 1.165) is 25.7 Å². The van der Waals surface area contributed by atoms with Crippen LogP contribution in [0.15, 0.2) is 30.3 Å². The van der Waals surface area contributed by atoms with Crippen LogP contribution in [0.4, 0.5) is 10.5 Å². The Morgan fingerprint density at radius 3 is 2.32 bits per heavy atom. The lowest BCUT2D eigenvalue weighted by atomic mass is 9.96. The topological polar surface area (TPSA) is 43.8 Å². The van der Waals surface area contributed by atoms with Crippen molar-refractivity contribution in [1.82, 2.24) is 4.90 Å². The molecule has 4 nitrogen and oxygen atoms in total. The van der Waals surface area contributed by atoms with Gasteiger partial charge in [-0.05, 0) is 37.8 Å². The van der Waals surface area contributed by atoms with E-state index in [2.05, 4.69) is 24.1 Å². The first-order chi connectivity index (χ1) is 9.16. The minimum atomic E-state index is -0.742. The van der Waals surface area contributed by atoms with E-state index in [1.165, 1.54) is 5.69 Å². The number of nitrogens with zero attached hydrogens (tertiary/aromatic N) is 2. The van der Waals surface area contributed by atoms with Crippen LogP contribution in [0.1, 0.15) is 25.7 Å². The second-order valence-corrected chi connectivity index (χ2v) is 5.65. The Morgan fingerprint density at radius 1 is 1.21 bits per heavy atom. The predicted octanol–water partition coefficient (Wildman–Crippen LogP) is 2.80. The highest BCUT2D eigenvalue weighted by Gasteiger charge is 2.44. The van der Waals surface area contributed by atoms with E-state index in [9.17, 15) is 9.90 Å². The van der Waals surface area contributed by atoms with E-state index in [-0.39, 0.29) is 12.1 Å². The molecular weight excluding hydrogens is 240 g/mol. The fourth-order valence-corrected chi connectivity index (χ4v) is 3.65. The third kappa shape index (κ3) is 2.15. The molecule has 0 aliphatic carbocycles. The fraction of sp³-hybridized carbons (Fsp3) is 0.533. The Morgan fingerprint density at radius 2 is 1.79 bits per heavy atom. The number of hydrogen-bond donors (Lipinski definition) is 1. The van der Waals surface area contributed by atoms with E-state index >= 15 is 0 Å². The molecule has 2 atom stereocenters. The maximum absolute atomic E-state index is 11.3. The molecule has 1 aromatic carbocycles. The van der Waals surface area contributed by atoms with E-state index in [0.29, 0.717) is 6.04 Å². The highest BCUT2D eigenvalue weighted by molar-refractivity contribution is 5.66. The number of carbonyl (C=O) groups is 1. The summed E-state index contributed by atoms with van der Waals surface area (Å²) in [7, 11) is 2.12. The lowest BCUT2D eigenvalue weighted by Crippen LogP contribution is -2.51. The zero-order valence-electron chi connectivity index (χ0n) is 11.2. The zero-order valence-corrected chi connectivity index (χ0v) is 11.2. The first-order valence-electron chi connectivity index (χ1n) is 6.96. The number of fused-ring (bicyclic) bond motifs is 2. The molecule has 0 spiro atoms. The van der Waals surface area contributed by atoms with Crippen LogP contribution >= 0.6 is 0 Å². The van der Waals surface area contributed by atoms with Gasteiger partial charge in [0.2, 0.25) is 0 Å². The van der Waals surface area contributed by atoms with Crippen LogP contribution in [-0.4, -0.2) is 41.3 Å². The molecule has 2 saturated heterocycles. The number of benzene rings is 1. The average Bonchev–Trinajstić information content (AvgIpc) is 2.70. The van der Waals surface area contributed by atoms with Crippen molar-refractivity contribution in [3.05, 3.63) is 30.3 Å². The Bertz CT molecular complexity index is 448. The van der Waals surface area contributed by atoms with Crippen LogP contribution in [0.3, 0.4) is 0 Å². The first-order valence-corrected chi connectivity index (χ1v) is 6.96. The van der Waals surface area contributed by atoms with Gasteiger partial charge in [0.25, 0.3) is 0 Å². The Kier molecular flexibility index (Phi) is 3.09. The molecule has 2 fully saturated rings. The summed E-state index contributed by atoms with van der Waals surface area (Å²) in [6.45, 7) is 0. The number of piperidine rings is 1. The van der Waals surface area contributed by atoms with E-state index in [1.807, 2.05) is 18.2 Å². The summed E-state index contributed by atoms with van der Waals surface area (Å²) < 4.78 is 0. The van der Waals surface area contributed by atoms with Crippen LogP contribution in [0.5, 0.6) is 0 Å². The van der Waals surface area contributed by atoms with Crippen molar-refractivity contribution < 1.29 is 9.90 Å². The van der Waals surface area contributed by atoms with Gasteiger partial charge in [-0.3, -0.25) is 0 Å². The predicted molar refractivity (Wildman–Crippen MR) is 74.5 cm³/mol. The van der Waals surface area contributed by atoms with Crippen LogP contribution in [-0.2, 0) is 0 Å². The van der Waals surface area contributed by atoms with Crippen molar-refractivity contribution in [3.63, 3.8) is 0 Å². The molecule has 1 amide bonds. The Labute approximate surface area is 113 Å². The van der Waals surface area contributed by atoms with Gasteiger partial charge in [-0.1, -0.05) is 18.2 Å². The van der Waals surface area contributed by atoms with Gasteiger partial charge in [0, 0.05) is 30.9 Å². The molecule has 2 unspecified atom stereocenters. The number of anilines is 1. The first kappa shape index (κ1) is 12.3. The van der Waals surface area contributed by atoms with Crippen molar-refractivity contribution >= 4 is 11.8 Å².